The molecule has 0 saturated carbocycles. The lowest BCUT2D eigenvalue weighted by Crippen LogP contribution is -2.43. The Morgan fingerprint density at radius 3 is 2.96 bits per heavy atom. The molecule has 0 bridgehead atoms. The number of hydrogen-bond donors (Lipinski definition) is 4. The van der Waals surface area contributed by atoms with E-state index in [0.717, 1.165) is 0 Å². The molecule has 2 aromatic rings. The number of aliphatic hydroxyl groups is 3. The number of ether oxygens (including phenoxy) is 1. The minimum atomic E-state index is -0.867. The fourth-order valence-corrected chi connectivity index (χ4v) is 3.46. The first-order valence-corrected chi connectivity index (χ1v) is 8.41. The predicted molar refractivity (Wildman–Crippen MR) is 85.8 cm³/mol. The number of alkyl halides is 1. The Morgan fingerprint density at radius 2 is 2.25 bits per heavy atom. The molecule has 2 aliphatic rings. The number of halogens is 1. The van der Waals surface area contributed by atoms with Crippen LogP contribution in [-0.4, -0.2) is 64.3 Å². The Bertz CT molecular complexity index is 838. The van der Waals surface area contributed by atoms with Gasteiger partial charge in [0.1, 0.15) is 18.6 Å². The maximum atomic E-state index is 12.6. The number of nitrogens with one attached hydrogen (secondary N) is 1. The van der Waals surface area contributed by atoms with Gasteiger partial charge in [-0.15, -0.1) is 0 Å². The zero-order valence-corrected chi connectivity index (χ0v) is 14.0. The summed E-state index contributed by atoms with van der Waals surface area (Å²) in [5, 5.41) is 31.8. The van der Waals surface area contributed by atoms with E-state index in [9.17, 15) is 20.1 Å². The third-order valence-corrected chi connectivity index (χ3v) is 5.14. The largest absolute Gasteiger partial charge is 0.394 e. The summed E-state index contributed by atoms with van der Waals surface area (Å²) in [5.41, 5.74) is 0.159. The van der Waals surface area contributed by atoms with Gasteiger partial charge in [0.25, 0.3) is 5.56 Å². The summed E-state index contributed by atoms with van der Waals surface area (Å²) in [6.45, 7) is -0.0282. The van der Waals surface area contributed by atoms with Gasteiger partial charge in [-0.1, -0.05) is 15.9 Å². The van der Waals surface area contributed by atoms with Gasteiger partial charge in [0.15, 0.2) is 11.2 Å². The lowest BCUT2D eigenvalue weighted by atomic mass is 10.2. The van der Waals surface area contributed by atoms with E-state index in [1.165, 1.54) is 10.9 Å². The highest BCUT2D eigenvalue weighted by Crippen LogP contribution is 2.30. The molecule has 4 heterocycles. The van der Waals surface area contributed by atoms with E-state index in [1.54, 1.807) is 4.57 Å². The molecule has 0 aliphatic carbocycles. The van der Waals surface area contributed by atoms with Crippen LogP contribution in [0.4, 0.5) is 5.95 Å². The lowest BCUT2D eigenvalue weighted by molar-refractivity contribution is -0.0432. The van der Waals surface area contributed by atoms with Crippen molar-refractivity contribution >= 4 is 33.0 Å². The van der Waals surface area contributed by atoms with Crippen LogP contribution in [0.1, 0.15) is 12.6 Å². The van der Waals surface area contributed by atoms with E-state index < -0.39 is 24.7 Å². The molecule has 0 amide bonds. The molecule has 0 radical (unpaired) electrons. The van der Waals surface area contributed by atoms with Crippen LogP contribution in [0.15, 0.2) is 11.1 Å². The number of hydrogen-bond acceptors (Lipinski definition) is 8. The molecule has 1 fully saturated rings. The summed E-state index contributed by atoms with van der Waals surface area (Å²) in [6.07, 6.45) is -1.23. The molecule has 4 N–H and O–H groups in total. The highest BCUT2D eigenvalue weighted by atomic mass is 79.9. The number of fused-ring (bicyclic) bond motifs is 2. The van der Waals surface area contributed by atoms with Crippen molar-refractivity contribution < 1.29 is 20.1 Å². The SMILES string of the molecule is O=c1c2ncn([C@H]3C[C@H](O)[C@@H](CO)O3)c2nc2n1C[C@@H](Br)[C@@H](O)N2. The number of anilines is 1. The van der Waals surface area contributed by atoms with Crippen LogP contribution in [-0.2, 0) is 11.3 Å². The maximum Gasteiger partial charge on any atom is 0.283 e. The lowest BCUT2D eigenvalue weighted by Gasteiger charge is -2.27. The van der Waals surface area contributed by atoms with Crippen LogP contribution in [0.2, 0.25) is 0 Å². The maximum absolute atomic E-state index is 12.6. The number of rotatable bonds is 2. The first-order valence-electron chi connectivity index (χ1n) is 7.50. The van der Waals surface area contributed by atoms with E-state index >= 15 is 0 Å². The van der Waals surface area contributed by atoms with Gasteiger partial charge in [0.05, 0.1) is 23.9 Å². The van der Waals surface area contributed by atoms with Crippen molar-refractivity contribution in [2.45, 2.75) is 42.5 Å². The van der Waals surface area contributed by atoms with Gasteiger partial charge >= 0.3 is 0 Å². The smallest absolute Gasteiger partial charge is 0.283 e. The second-order valence-electron chi connectivity index (χ2n) is 5.90. The van der Waals surface area contributed by atoms with Gasteiger partial charge in [-0.2, -0.15) is 4.98 Å². The third kappa shape index (κ3) is 2.35. The standard InChI is InChI=1S/C13H16BrN5O5/c14-5-2-18-12(23)9-10(16-13(18)17-11(5)22)19(4-15-9)8-1-6(21)7(3-20)24-8/h4-8,11,20-22H,1-3H2,(H,16,17)/t5-,6+,7-,8-,11-/m1/s1. The van der Waals surface area contributed by atoms with Crippen LogP contribution in [0.3, 0.4) is 0 Å². The Kier molecular flexibility index (Phi) is 3.84. The number of nitrogens with zero attached hydrogens (tertiary/aromatic N) is 4. The van der Waals surface area contributed by atoms with Gasteiger partial charge in [0.2, 0.25) is 5.95 Å². The quantitative estimate of drug-likeness (QED) is 0.458. The monoisotopic (exact) mass is 401 g/mol. The van der Waals surface area contributed by atoms with Gasteiger partial charge in [0, 0.05) is 13.0 Å². The molecule has 5 atom stereocenters. The van der Waals surface area contributed by atoms with Crippen LogP contribution in [0, 0.1) is 0 Å². The summed E-state index contributed by atoms with van der Waals surface area (Å²) in [4.78, 5) is 20.8. The van der Waals surface area contributed by atoms with Gasteiger partial charge in [-0.05, 0) is 0 Å². The zero-order valence-electron chi connectivity index (χ0n) is 12.4. The molecule has 1 saturated heterocycles. The van der Waals surface area contributed by atoms with Gasteiger partial charge < -0.3 is 25.4 Å². The normalized spacial score (nSPS) is 32.8. The molecule has 2 aliphatic heterocycles. The molecule has 0 unspecified atom stereocenters. The van der Waals surface area contributed by atoms with E-state index in [0.29, 0.717) is 5.65 Å². The van der Waals surface area contributed by atoms with Crippen molar-refractivity contribution in [1.82, 2.24) is 19.1 Å². The highest BCUT2D eigenvalue weighted by Gasteiger charge is 2.36. The molecule has 2 aromatic heterocycles. The van der Waals surface area contributed by atoms with Crippen molar-refractivity contribution in [3.8, 4) is 0 Å². The molecule has 0 aromatic carbocycles. The average Bonchev–Trinajstić information content (AvgIpc) is 3.13. The van der Waals surface area contributed by atoms with Crippen molar-refractivity contribution in [2.24, 2.45) is 0 Å². The molecular formula is C13H16BrN5O5. The summed E-state index contributed by atoms with van der Waals surface area (Å²) in [6, 6.07) is 0. The van der Waals surface area contributed by atoms with Gasteiger partial charge in [-0.25, -0.2) is 4.98 Å². The summed E-state index contributed by atoms with van der Waals surface area (Å²) in [5.74, 6) is 0.245. The Labute approximate surface area is 143 Å². The highest BCUT2D eigenvalue weighted by molar-refractivity contribution is 9.09. The zero-order chi connectivity index (χ0) is 17.0. The van der Waals surface area contributed by atoms with E-state index in [2.05, 4.69) is 31.2 Å². The van der Waals surface area contributed by atoms with Crippen LogP contribution >= 0.6 is 15.9 Å². The Hall–Kier alpha value is -1.53. The van der Waals surface area contributed by atoms with E-state index in [1.807, 2.05) is 0 Å². The fraction of sp³-hybridized carbons (Fsp3) is 0.615. The second-order valence-corrected chi connectivity index (χ2v) is 7.07. The molecule has 130 valence electrons. The number of aliphatic hydroxyl groups excluding tert-OH is 3. The van der Waals surface area contributed by atoms with Crippen molar-refractivity contribution in [1.29, 1.82) is 0 Å². The minimum Gasteiger partial charge on any atom is -0.394 e. The first-order chi connectivity index (χ1) is 11.5. The molecule has 10 nitrogen and oxygen atoms in total. The summed E-state index contributed by atoms with van der Waals surface area (Å²) in [7, 11) is 0. The molecule has 24 heavy (non-hydrogen) atoms. The molecule has 4 rings (SSSR count). The third-order valence-electron chi connectivity index (χ3n) is 4.35. The molecule has 0 spiro atoms. The van der Waals surface area contributed by atoms with Crippen molar-refractivity contribution in [3.05, 3.63) is 16.7 Å². The summed E-state index contributed by atoms with van der Waals surface area (Å²) >= 11 is 3.30. The Balaban J connectivity index is 1.79. The average molecular weight is 402 g/mol. The molecular weight excluding hydrogens is 386 g/mol. The predicted octanol–water partition coefficient (Wildman–Crippen LogP) is -1.26. The van der Waals surface area contributed by atoms with Gasteiger partial charge in [-0.3, -0.25) is 13.9 Å². The Morgan fingerprint density at radius 1 is 1.46 bits per heavy atom. The van der Waals surface area contributed by atoms with E-state index in [-0.39, 0.29) is 41.4 Å². The number of imidazole rings is 1. The second kappa shape index (κ2) is 5.77. The van der Waals surface area contributed by atoms with Crippen molar-refractivity contribution in [3.63, 3.8) is 0 Å². The van der Waals surface area contributed by atoms with E-state index in [4.69, 9.17) is 4.74 Å². The number of aromatic nitrogens is 4. The van der Waals surface area contributed by atoms with Crippen LogP contribution in [0.25, 0.3) is 11.2 Å². The minimum absolute atomic E-state index is 0.183. The first kappa shape index (κ1) is 16.0. The van der Waals surface area contributed by atoms with Crippen LogP contribution in [0.5, 0.6) is 0 Å². The topological polar surface area (TPSA) is 135 Å². The molecule has 11 heteroatoms. The summed E-state index contributed by atoms with van der Waals surface area (Å²) < 4.78 is 8.56. The van der Waals surface area contributed by atoms with Crippen LogP contribution < -0.4 is 10.9 Å². The van der Waals surface area contributed by atoms with Crippen molar-refractivity contribution in [2.75, 3.05) is 11.9 Å². The fourth-order valence-electron chi connectivity index (χ4n) is 3.04.